The van der Waals surface area contributed by atoms with Gasteiger partial charge in [0.05, 0.1) is 18.4 Å². The molecule has 0 aromatic carbocycles. The maximum absolute atomic E-state index is 12.7. The Bertz CT molecular complexity index is 408. The average molecular weight is 291 g/mol. The topological polar surface area (TPSA) is 54.9 Å². The van der Waals surface area contributed by atoms with Crippen LogP contribution >= 0.6 is 0 Å². The minimum atomic E-state index is -0.216. The van der Waals surface area contributed by atoms with E-state index in [0.29, 0.717) is 6.54 Å². The first kappa shape index (κ1) is 17.6. The van der Waals surface area contributed by atoms with Crippen molar-refractivity contribution in [2.24, 2.45) is 5.41 Å². The summed E-state index contributed by atoms with van der Waals surface area (Å²) in [4.78, 5) is 20.9. The van der Waals surface area contributed by atoms with Gasteiger partial charge in [-0.1, -0.05) is 46.5 Å². The van der Waals surface area contributed by atoms with Gasteiger partial charge in [-0.25, -0.2) is 0 Å². The van der Waals surface area contributed by atoms with Gasteiger partial charge >= 0.3 is 0 Å². The second kappa shape index (κ2) is 9.48. The standard InChI is InChI=1S/C17H29N3O/c1-4-7-8-10-17(6-3,9-5-2)16(21)20-14-15-13-18-11-12-19-15/h11-13H,4-10,14H2,1-3H3,(H,20,21). The second-order valence-corrected chi connectivity index (χ2v) is 5.72. The molecule has 0 bridgehead atoms. The van der Waals surface area contributed by atoms with Crippen LogP contribution in [0.3, 0.4) is 0 Å². The summed E-state index contributed by atoms with van der Waals surface area (Å²) in [7, 11) is 0. The summed E-state index contributed by atoms with van der Waals surface area (Å²) in [6.45, 7) is 6.94. The van der Waals surface area contributed by atoms with Crippen molar-refractivity contribution in [3.63, 3.8) is 0 Å². The van der Waals surface area contributed by atoms with Crippen LogP contribution in [0.2, 0.25) is 0 Å². The van der Waals surface area contributed by atoms with E-state index in [-0.39, 0.29) is 11.3 Å². The number of carbonyl (C=O) groups is 1. The minimum absolute atomic E-state index is 0.175. The van der Waals surface area contributed by atoms with Crippen LogP contribution in [0.25, 0.3) is 0 Å². The summed E-state index contributed by atoms with van der Waals surface area (Å²) in [5, 5.41) is 3.06. The van der Waals surface area contributed by atoms with Gasteiger partial charge in [0, 0.05) is 17.8 Å². The van der Waals surface area contributed by atoms with Crippen LogP contribution in [-0.4, -0.2) is 15.9 Å². The Morgan fingerprint density at radius 3 is 2.52 bits per heavy atom. The SMILES string of the molecule is CCCCCC(CC)(CCC)C(=O)NCc1cnccn1. The Balaban J connectivity index is 2.65. The van der Waals surface area contributed by atoms with Crippen molar-refractivity contribution in [2.45, 2.75) is 72.3 Å². The molecule has 0 saturated carbocycles. The first-order valence-electron chi connectivity index (χ1n) is 8.21. The molecule has 1 atom stereocenters. The highest BCUT2D eigenvalue weighted by Crippen LogP contribution is 2.34. The Morgan fingerprint density at radius 1 is 1.14 bits per heavy atom. The van der Waals surface area contributed by atoms with Crippen LogP contribution < -0.4 is 5.32 Å². The number of rotatable bonds is 10. The summed E-state index contributed by atoms with van der Waals surface area (Å²) >= 11 is 0. The molecule has 1 heterocycles. The fraction of sp³-hybridized carbons (Fsp3) is 0.706. The monoisotopic (exact) mass is 291 g/mol. The van der Waals surface area contributed by atoms with Crippen molar-refractivity contribution >= 4 is 5.91 Å². The van der Waals surface area contributed by atoms with Crippen molar-refractivity contribution in [1.82, 2.24) is 15.3 Å². The number of nitrogens with zero attached hydrogens (tertiary/aromatic N) is 2. The van der Waals surface area contributed by atoms with Crippen molar-refractivity contribution in [3.8, 4) is 0 Å². The number of aromatic nitrogens is 2. The molecule has 1 rings (SSSR count). The highest BCUT2D eigenvalue weighted by atomic mass is 16.2. The highest BCUT2D eigenvalue weighted by Gasteiger charge is 2.34. The van der Waals surface area contributed by atoms with Crippen LogP contribution in [0.15, 0.2) is 18.6 Å². The van der Waals surface area contributed by atoms with E-state index in [1.807, 2.05) is 0 Å². The maximum Gasteiger partial charge on any atom is 0.226 e. The Kier molecular flexibility index (Phi) is 7.95. The number of amides is 1. The molecule has 0 aliphatic rings. The predicted octanol–water partition coefficient (Wildman–Crippen LogP) is 3.87. The molecule has 1 N–H and O–H groups in total. The van der Waals surface area contributed by atoms with Gasteiger partial charge in [0.2, 0.25) is 5.91 Å². The molecule has 0 fully saturated rings. The summed E-state index contributed by atoms with van der Waals surface area (Å²) in [5.74, 6) is 0.175. The number of carbonyl (C=O) groups excluding carboxylic acids is 1. The fourth-order valence-corrected chi connectivity index (χ4v) is 2.84. The number of hydrogen-bond donors (Lipinski definition) is 1. The molecule has 0 spiro atoms. The van der Waals surface area contributed by atoms with Crippen LogP contribution in [0, 0.1) is 5.41 Å². The normalized spacial score (nSPS) is 13.7. The van der Waals surface area contributed by atoms with Gasteiger partial charge in [-0.2, -0.15) is 0 Å². The zero-order chi connectivity index (χ0) is 15.6. The molecule has 4 nitrogen and oxygen atoms in total. The van der Waals surface area contributed by atoms with Crippen molar-refractivity contribution < 1.29 is 4.79 Å². The Labute approximate surface area is 128 Å². The summed E-state index contributed by atoms with van der Waals surface area (Å²) < 4.78 is 0. The Hall–Kier alpha value is -1.45. The lowest BCUT2D eigenvalue weighted by molar-refractivity contribution is -0.132. The Morgan fingerprint density at radius 2 is 1.95 bits per heavy atom. The molecule has 0 aliphatic heterocycles. The van der Waals surface area contributed by atoms with E-state index in [9.17, 15) is 4.79 Å². The molecular formula is C17H29N3O. The van der Waals surface area contributed by atoms with Gasteiger partial charge in [-0.15, -0.1) is 0 Å². The fourth-order valence-electron chi connectivity index (χ4n) is 2.84. The first-order chi connectivity index (χ1) is 10.2. The second-order valence-electron chi connectivity index (χ2n) is 5.72. The van der Waals surface area contributed by atoms with Gasteiger partial charge < -0.3 is 5.32 Å². The number of nitrogens with one attached hydrogen (secondary N) is 1. The molecule has 118 valence electrons. The largest absolute Gasteiger partial charge is 0.350 e. The van der Waals surface area contributed by atoms with Gasteiger partial charge in [0.15, 0.2) is 0 Å². The lowest BCUT2D eigenvalue weighted by Crippen LogP contribution is -2.40. The number of unbranched alkanes of at least 4 members (excludes halogenated alkanes) is 2. The highest BCUT2D eigenvalue weighted by molar-refractivity contribution is 5.82. The van der Waals surface area contributed by atoms with Crippen LogP contribution in [0.1, 0.15) is 71.4 Å². The quantitative estimate of drug-likeness (QED) is 0.666. The molecule has 21 heavy (non-hydrogen) atoms. The molecule has 1 amide bonds. The van der Waals surface area contributed by atoms with E-state index in [1.54, 1.807) is 18.6 Å². The summed E-state index contributed by atoms with van der Waals surface area (Å²) in [5.41, 5.74) is 0.590. The maximum atomic E-state index is 12.7. The first-order valence-corrected chi connectivity index (χ1v) is 8.21. The van der Waals surface area contributed by atoms with Crippen molar-refractivity contribution in [2.75, 3.05) is 0 Å². The third-order valence-electron chi connectivity index (χ3n) is 4.19. The smallest absolute Gasteiger partial charge is 0.226 e. The zero-order valence-electron chi connectivity index (χ0n) is 13.7. The van der Waals surface area contributed by atoms with Gasteiger partial charge in [0.25, 0.3) is 0 Å². The summed E-state index contributed by atoms with van der Waals surface area (Å²) in [6.07, 6.45) is 12.4. The molecule has 1 unspecified atom stereocenters. The van der Waals surface area contributed by atoms with Crippen LogP contribution in [0.4, 0.5) is 0 Å². The van der Waals surface area contributed by atoms with Crippen LogP contribution in [0.5, 0.6) is 0 Å². The lowest BCUT2D eigenvalue weighted by Gasteiger charge is -2.31. The van der Waals surface area contributed by atoms with E-state index in [2.05, 4.69) is 36.1 Å². The van der Waals surface area contributed by atoms with E-state index in [4.69, 9.17) is 0 Å². The van der Waals surface area contributed by atoms with E-state index in [0.717, 1.165) is 37.8 Å². The molecule has 0 radical (unpaired) electrons. The third kappa shape index (κ3) is 5.44. The van der Waals surface area contributed by atoms with E-state index >= 15 is 0 Å². The van der Waals surface area contributed by atoms with Gasteiger partial charge in [-0.3, -0.25) is 14.8 Å². The van der Waals surface area contributed by atoms with Crippen molar-refractivity contribution in [3.05, 3.63) is 24.3 Å². The third-order valence-corrected chi connectivity index (χ3v) is 4.19. The predicted molar refractivity (Wildman–Crippen MR) is 85.7 cm³/mol. The molecule has 1 aromatic heterocycles. The lowest BCUT2D eigenvalue weighted by atomic mass is 9.75. The van der Waals surface area contributed by atoms with Crippen molar-refractivity contribution in [1.29, 1.82) is 0 Å². The van der Waals surface area contributed by atoms with Gasteiger partial charge in [0.1, 0.15) is 0 Å². The molecule has 1 aromatic rings. The average Bonchev–Trinajstić information content (AvgIpc) is 2.53. The molecule has 4 heteroatoms. The van der Waals surface area contributed by atoms with E-state index < -0.39 is 0 Å². The van der Waals surface area contributed by atoms with Gasteiger partial charge in [-0.05, 0) is 19.3 Å². The zero-order valence-corrected chi connectivity index (χ0v) is 13.7. The summed E-state index contributed by atoms with van der Waals surface area (Å²) in [6, 6.07) is 0. The molecule has 0 aliphatic carbocycles. The minimum Gasteiger partial charge on any atom is -0.350 e. The van der Waals surface area contributed by atoms with E-state index in [1.165, 1.54) is 12.8 Å². The number of hydrogen-bond acceptors (Lipinski definition) is 3. The molecule has 0 saturated heterocycles. The molecular weight excluding hydrogens is 262 g/mol. The van der Waals surface area contributed by atoms with Crippen LogP contribution in [-0.2, 0) is 11.3 Å².